The van der Waals surface area contributed by atoms with Crippen LogP contribution in [0.3, 0.4) is 0 Å². The van der Waals surface area contributed by atoms with Crippen LogP contribution >= 0.6 is 22.7 Å². The van der Waals surface area contributed by atoms with Gasteiger partial charge < -0.3 is 15.4 Å². The van der Waals surface area contributed by atoms with Crippen molar-refractivity contribution in [3.05, 3.63) is 45.9 Å². The van der Waals surface area contributed by atoms with Crippen LogP contribution in [0.15, 0.2) is 30.3 Å². The Hall–Kier alpha value is -3.05. The van der Waals surface area contributed by atoms with Crippen LogP contribution < -0.4 is 10.6 Å². The van der Waals surface area contributed by atoms with Crippen molar-refractivity contribution in [3.8, 4) is 0 Å². The number of nitrogens with one attached hydrogen (secondary N) is 2. The van der Waals surface area contributed by atoms with Gasteiger partial charge in [0.25, 0.3) is 0 Å². The Morgan fingerprint density at radius 1 is 0.714 bits per heavy atom. The normalized spacial score (nSPS) is 10.8. The van der Waals surface area contributed by atoms with Crippen molar-refractivity contribution in [1.29, 1.82) is 0 Å². The van der Waals surface area contributed by atoms with Gasteiger partial charge in [-0.1, -0.05) is 59.4 Å². The van der Waals surface area contributed by atoms with Crippen LogP contribution in [-0.2, 0) is 33.6 Å². The predicted molar refractivity (Wildman–Crippen MR) is 138 cm³/mol. The average Bonchev–Trinajstić information content (AvgIpc) is 3.46. The molecule has 0 aliphatic rings. The van der Waals surface area contributed by atoms with Gasteiger partial charge in [-0.2, -0.15) is 0 Å². The number of anilines is 2. The first-order chi connectivity index (χ1) is 17.0. The Labute approximate surface area is 212 Å². The second-order valence-corrected chi connectivity index (χ2v) is 10.4. The lowest BCUT2D eigenvalue weighted by atomic mass is 10.1. The van der Waals surface area contributed by atoms with Gasteiger partial charge in [0, 0.05) is 25.7 Å². The molecule has 0 radical (unpaired) electrons. The number of benzene rings is 1. The number of nitrogens with zero attached hydrogens (tertiary/aromatic N) is 4. The summed E-state index contributed by atoms with van der Waals surface area (Å²) in [7, 11) is 0. The first-order valence-electron chi connectivity index (χ1n) is 11.8. The summed E-state index contributed by atoms with van der Waals surface area (Å²) < 4.78 is 0. The van der Waals surface area contributed by atoms with Gasteiger partial charge >= 0.3 is 0 Å². The number of hydrogen-bond acceptors (Lipinski definition) is 9. The fraction of sp³-hybridized carbons (Fsp3) is 0.458. The number of carbonyl (C=O) groups excluding carboxylic acids is 3. The van der Waals surface area contributed by atoms with E-state index in [-0.39, 0.29) is 17.6 Å². The third-order valence-corrected chi connectivity index (χ3v) is 6.89. The van der Waals surface area contributed by atoms with Gasteiger partial charge in [0.05, 0.1) is 6.42 Å². The van der Waals surface area contributed by atoms with Gasteiger partial charge in [-0.15, -0.1) is 20.4 Å². The number of rotatable bonds is 15. The monoisotopic (exact) mass is 514 g/mol. The fourth-order valence-corrected chi connectivity index (χ4v) is 4.92. The first kappa shape index (κ1) is 26.6. The first-order valence-corrected chi connectivity index (χ1v) is 13.4. The van der Waals surface area contributed by atoms with E-state index in [0.717, 1.165) is 60.5 Å². The molecule has 186 valence electrons. The van der Waals surface area contributed by atoms with Crippen molar-refractivity contribution in [2.24, 2.45) is 0 Å². The Balaban J connectivity index is 1.29. The van der Waals surface area contributed by atoms with Crippen molar-refractivity contribution >= 4 is 50.5 Å². The molecule has 11 heteroatoms. The zero-order valence-electron chi connectivity index (χ0n) is 19.8. The molecular formula is C24H30N6O3S2. The molecule has 0 aliphatic heterocycles. The maximum absolute atomic E-state index is 12.2. The van der Waals surface area contributed by atoms with E-state index >= 15 is 0 Å². The molecule has 0 saturated heterocycles. The van der Waals surface area contributed by atoms with E-state index in [1.165, 1.54) is 22.7 Å². The van der Waals surface area contributed by atoms with Crippen LogP contribution in [-0.4, -0.2) is 38.0 Å². The van der Waals surface area contributed by atoms with Gasteiger partial charge in [-0.05, 0) is 38.2 Å². The molecule has 0 saturated carbocycles. The number of unbranched alkanes of at least 4 members (excludes halogenated alkanes) is 3. The summed E-state index contributed by atoms with van der Waals surface area (Å²) in [6.45, 7) is 1.59. The van der Waals surface area contributed by atoms with Crippen LogP contribution in [0.5, 0.6) is 0 Å². The van der Waals surface area contributed by atoms with E-state index in [4.69, 9.17) is 0 Å². The number of hydrogen-bond donors (Lipinski definition) is 2. The minimum atomic E-state index is -0.106. The highest BCUT2D eigenvalue weighted by atomic mass is 32.1. The average molecular weight is 515 g/mol. The lowest BCUT2D eigenvalue weighted by molar-refractivity contribution is -0.117. The number of carbonyl (C=O) groups is 3. The van der Waals surface area contributed by atoms with Crippen molar-refractivity contribution in [3.63, 3.8) is 0 Å². The summed E-state index contributed by atoms with van der Waals surface area (Å²) in [6, 6.07) is 9.57. The minimum Gasteiger partial charge on any atom is -0.301 e. The lowest BCUT2D eigenvalue weighted by Gasteiger charge is -2.01. The number of ketones is 1. The second kappa shape index (κ2) is 14.4. The maximum Gasteiger partial charge on any atom is 0.230 e. The zero-order valence-corrected chi connectivity index (χ0v) is 21.4. The van der Waals surface area contributed by atoms with Crippen LogP contribution in [0.25, 0.3) is 0 Å². The quantitative estimate of drug-likeness (QED) is 0.283. The van der Waals surface area contributed by atoms with Crippen molar-refractivity contribution in [2.75, 3.05) is 10.6 Å². The van der Waals surface area contributed by atoms with E-state index < -0.39 is 0 Å². The molecule has 0 bridgehead atoms. The topological polar surface area (TPSA) is 127 Å². The second-order valence-electron chi connectivity index (χ2n) is 8.23. The molecule has 9 nitrogen and oxygen atoms in total. The Bertz CT molecular complexity index is 1100. The van der Waals surface area contributed by atoms with Gasteiger partial charge in [0.15, 0.2) is 0 Å². The molecule has 1 aromatic carbocycles. The molecule has 2 amide bonds. The molecule has 0 aliphatic carbocycles. The van der Waals surface area contributed by atoms with E-state index in [1.54, 1.807) is 6.92 Å². The Kier molecular flexibility index (Phi) is 10.9. The summed E-state index contributed by atoms with van der Waals surface area (Å²) in [5.74, 6) is 0.0106. The van der Waals surface area contributed by atoms with Crippen LogP contribution in [0.4, 0.5) is 10.3 Å². The molecule has 2 N–H and O–H groups in total. The van der Waals surface area contributed by atoms with Crippen LogP contribution in [0, 0.1) is 0 Å². The molecule has 0 spiro atoms. The number of aromatic nitrogens is 4. The largest absolute Gasteiger partial charge is 0.301 e. The van der Waals surface area contributed by atoms with Crippen LogP contribution in [0.1, 0.15) is 67.4 Å². The summed E-state index contributed by atoms with van der Waals surface area (Å²) in [4.78, 5) is 35.1. The summed E-state index contributed by atoms with van der Waals surface area (Å²) in [5, 5.41) is 24.9. The van der Waals surface area contributed by atoms with Gasteiger partial charge in [0.1, 0.15) is 15.8 Å². The standard InChI is InChI=1S/C24H30N6O3S2/c1-17(31)10-4-2-7-13-19(32)25-23-29-27-21(34-23)14-8-9-15-22-28-30-24(35-22)26-20(33)16-18-11-5-3-6-12-18/h3,5-6,11-12H,2,4,7-10,13-16H2,1H3,(H,25,29,32)(H,26,30,33). The van der Waals surface area contributed by atoms with Crippen molar-refractivity contribution < 1.29 is 14.4 Å². The summed E-state index contributed by atoms with van der Waals surface area (Å²) >= 11 is 2.79. The highest BCUT2D eigenvalue weighted by Crippen LogP contribution is 2.20. The molecular weight excluding hydrogens is 484 g/mol. The number of Topliss-reactive ketones (excluding diaryl/α,β-unsaturated/α-hetero) is 1. The van der Waals surface area contributed by atoms with Crippen molar-refractivity contribution in [2.45, 2.75) is 71.1 Å². The fourth-order valence-electron chi connectivity index (χ4n) is 3.33. The number of aryl methyl sites for hydroxylation is 2. The highest BCUT2D eigenvalue weighted by Gasteiger charge is 2.11. The van der Waals surface area contributed by atoms with E-state index in [9.17, 15) is 14.4 Å². The van der Waals surface area contributed by atoms with Gasteiger partial charge in [0.2, 0.25) is 22.1 Å². The summed E-state index contributed by atoms with van der Waals surface area (Å²) in [5.41, 5.74) is 0.954. The van der Waals surface area contributed by atoms with Gasteiger partial charge in [-0.3, -0.25) is 9.59 Å². The molecule has 0 fully saturated rings. The highest BCUT2D eigenvalue weighted by molar-refractivity contribution is 7.15. The van der Waals surface area contributed by atoms with E-state index in [1.807, 2.05) is 30.3 Å². The predicted octanol–water partition coefficient (Wildman–Crippen LogP) is 4.61. The minimum absolute atomic E-state index is 0.0709. The molecule has 3 rings (SSSR count). The van der Waals surface area contributed by atoms with E-state index in [0.29, 0.717) is 29.5 Å². The van der Waals surface area contributed by atoms with Crippen molar-refractivity contribution in [1.82, 2.24) is 20.4 Å². The number of amides is 2. The lowest BCUT2D eigenvalue weighted by Crippen LogP contribution is -2.14. The Morgan fingerprint density at radius 3 is 1.89 bits per heavy atom. The molecule has 0 atom stereocenters. The maximum atomic E-state index is 12.2. The van der Waals surface area contributed by atoms with E-state index in [2.05, 4.69) is 31.0 Å². The molecule has 2 aromatic heterocycles. The smallest absolute Gasteiger partial charge is 0.230 e. The molecule has 3 aromatic rings. The molecule has 2 heterocycles. The van der Waals surface area contributed by atoms with Crippen LogP contribution in [0.2, 0.25) is 0 Å². The van der Waals surface area contributed by atoms with Gasteiger partial charge in [-0.25, -0.2) is 0 Å². The SMILES string of the molecule is CC(=O)CCCCCC(=O)Nc1nnc(CCCCc2nnc(NC(=O)Cc3ccccc3)s2)s1. The molecule has 35 heavy (non-hydrogen) atoms. The third kappa shape index (κ3) is 10.4. The summed E-state index contributed by atoms with van der Waals surface area (Å²) in [6.07, 6.45) is 7.13. The Morgan fingerprint density at radius 2 is 1.29 bits per heavy atom. The zero-order chi connectivity index (χ0) is 24.9. The molecule has 0 unspecified atom stereocenters. The third-order valence-electron chi connectivity index (χ3n) is 5.10.